The first-order valence-corrected chi connectivity index (χ1v) is 9.06. The van der Waals surface area contributed by atoms with Crippen molar-refractivity contribution in [3.63, 3.8) is 0 Å². The van der Waals surface area contributed by atoms with Crippen LogP contribution in [-0.4, -0.2) is 14.9 Å². The molecule has 4 aromatic rings. The lowest BCUT2D eigenvalue weighted by molar-refractivity contribution is 0.435. The predicted octanol–water partition coefficient (Wildman–Crippen LogP) is 5.84. The van der Waals surface area contributed by atoms with Crippen LogP contribution in [0.1, 0.15) is 16.7 Å². The number of hydrogen-bond acceptors (Lipinski definition) is 2. The van der Waals surface area contributed by atoms with Crippen molar-refractivity contribution in [3.05, 3.63) is 89.5 Å². The molecular weight excluding hydrogens is 332 g/mol. The summed E-state index contributed by atoms with van der Waals surface area (Å²) >= 11 is 0. The van der Waals surface area contributed by atoms with Gasteiger partial charge in [-0.05, 0) is 49.6 Å². The molecule has 0 saturated carbocycles. The van der Waals surface area contributed by atoms with Crippen LogP contribution in [0.2, 0.25) is 0 Å². The molecule has 0 atom stereocenters. The maximum Gasteiger partial charge on any atom is 0.222 e. The van der Waals surface area contributed by atoms with Gasteiger partial charge in [-0.1, -0.05) is 66.2 Å². The Kier molecular flexibility index (Phi) is 4.28. The zero-order chi connectivity index (χ0) is 19.0. The van der Waals surface area contributed by atoms with Crippen molar-refractivity contribution >= 4 is 0 Å². The third-order valence-electron chi connectivity index (χ3n) is 4.98. The molecule has 134 valence electrons. The molecule has 3 heteroatoms. The van der Waals surface area contributed by atoms with Crippen molar-refractivity contribution in [1.29, 1.82) is 0 Å². The molecule has 1 heterocycles. The lowest BCUT2D eigenvalue weighted by Gasteiger charge is -2.07. The van der Waals surface area contributed by atoms with Gasteiger partial charge in [0.1, 0.15) is 5.69 Å². The quantitative estimate of drug-likeness (QED) is 0.502. The summed E-state index contributed by atoms with van der Waals surface area (Å²) < 4.78 is 1.63. The lowest BCUT2D eigenvalue weighted by atomic mass is 10.0. The van der Waals surface area contributed by atoms with E-state index in [-0.39, 0.29) is 5.88 Å². The van der Waals surface area contributed by atoms with Gasteiger partial charge in [0, 0.05) is 5.56 Å². The Morgan fingerprint density at radius 3 is 2.11 bits per heavy atom. The summed E-state index contributed by atoms with van der Waals surface area (Å²) in [6, 6.07) is 24.3. The molecule has 4 rings (SSSR count). The first-order chi connectivity index (χ1) is 13.0. The number of rotatable bonds is 3. The summed E-state index contributed by atoms with van der Waals surface area (Å²) in [6.45, 7) is 6.20. The third kappa shape index (κ3) is 3.13. The van der Waals surface area contributed by atoms with E-state index >= 15 is 0 Å². The molecule has 0 saturated heterocycles. The minimum absolute atomic E-state index is 0.154. The highest BCUT2D eigenvalue weighted by Gasteiger charge is 2.21. The number of aromatic hydroxyl groups is 1. The maximum atomic E-state index is 11.1. The van der Waals surface area contributed by atoms with Crippen molar-refractivity contribution in [1.82, 2.24) is 9.78 Å². The second kappa shape index (κ2) is 6.76. The van der Waals surface area contributed by atoms with E-state index < -0.39 is 0 Å². The van der Waals surface area contributed by atoms with Crippen molar-refractivity contribution in [2.45, 2.75) is 20.8 Å². The average molecular weight is 354 g/mol. The van der Waals surface area contributed by atoms with E-state index in [1.165, 1.54) is 16.7 Å². The van der Waals surface area contributed by atoms with Crippen LogP contribution in [0.5, 0.6) is 5.88 Å². The summed E-state index contributed by atoms with van der Waals surface area (Å²) in [4.78, 5) is 0. The van der Waals surface area contributed by atoms with Crippen LogP contribution >= 0.6 is 0 Å². The van der Waals surface area contributed by atoms with Crippen LogP contribution in [0.4, 0.5) is 0 Å². The molecule has 0 radical (unpaired) electrons. The van der Waals surface area contributed by atoms with Crippen LogP contribution in [0, 0.1) is 20.8 Å². The average Bonchev–Trinajstić information content (AvgIpc) is 3.03. The Balaban J connectivity index is 1.97. The van der Waals surface area contributed by atoms with Crippen molar-refractivity contribution in [2.24, 2.45) is 0 Å². The SMILES string of the molecule is Cc1ccc(-c2c(-c3ccccc3)nn(-c3ccc(C)c(C)c3)c2O)cc1. The maximum absolute atomic E-state index is 11.1. The molecule has 27 heavy (non-hydrogen) atoms. The summed E-state index contributed by atoms with van der Waals surface area (Å²) in [6.07, 6.45) is 0. The van der Waals surface area contributed by atoms with Gasteiger partial charge < -0.3 is 5.11 Å². The van der Waals surface area contributed by atoms with Gasteiger partial charge in [-0.15, -0.1) is 0 Å². The normalized spacial score (nSPS) is 10.9. The van der Waals surface area contributed by atoms with Crippen LogP contribution in [-0.2, 0) is 0 Å². The van der Waals surface area contributed by atoms with Crippen molar-refractivity contribution in [2.75, 3.05) is 0 Å². The fourth-order valence-corrected chi connectivity index (χ4v) is 3.23. The molecule has 3 nitrogen and oxygen atoms in total. The van der Waals surface area contributed by atoms with Gasteiger partial charge >= 0.3 is 0 Å². The number of aryl methyl sites for hydroxylation is 3. The highest BCUT2D eigenvalue weighted by Crippen LogP contribution is 2.40. The first kappa shape index (κ1) is 17.1. The van der Waals surface area contributed by atoms with E-state index in [2.05, 4.69) is 45.0 Å². The van der Waals surface area contributed by atoms with E-state index in [4.69, 9.17) is 5.10 Å². The zero-order valence-corrected chi connectivity index (χ0v) is 15.8. The molecule has 0 spiro atoms. The highest BCUT2D eigenvalue weighted by molar-refractivity contribution is 5.85. The van der Waals surface area contributed by atoms with Crippen LogP contribution in [0.3, 0.4) is 0 Å². The smallest absolute Gasteiger partial charge is 0.222 e. The van der Waals surface area contributed by atoms with E-state index in [0.717, 1.165) is 28.1 Å². The molecule has 0 aliphatic heterocycles. The number of aromatic nitrogens is 2. The van der Waals surface area contributed by atoms with Gasteiger partial charge in [0.25, 0.3) is 0 Å². The van der Waals surface area contributed by atoms with Gasteiger partial charge in [0.2, 0.25) is 5.88 Å². The van der Waals surface area contributed by atoms with E-state index in [0.29, 0.717) is 0 Å². The second-order valence-corrected chi connectivity index (χ2v) is 6.96. The summed E-state index contributed by atoms with van der Waals surface area (Å²) in [5, 5.41) is 15.9. The molecule has 1 N–H and O–H groups in total. The lowest BCUT2D eigenvalue weighted by Crippen LogP contribution is -1.97. The van der Waals surface area contributed by atoms with Crippen LogP contribution in [0.25, 0.3) is 28.1 Å². The Morgan fingerprint density at radius 2 is 1.44 bits per heavy atom. The summed E-state index contributed by atoms with van der Waals surface area (Å²) in [5.41, 5.74) is 7.87. The fourth-order valence-electron chi connectivity index (χ4n) is 3.23. The summed E-state index contributed by atoms with van der Waals surface area (Å²) in [5.74, 6) is 0.154. The molecule has 3 aromatic carbocycles. The third-order valence-corrected chi connectivity index (χ3v) is 4.98. The van der Waals surface area contributed by atoms with E-state index in [1.54, 1.807) is 4.68 Å². The Labute approximate surface area is 159 Å². The minimum atomic E-state index is 0.154. The largest absolute Gasteiger partial charge is 0.493 e. The van der Waals surface area contributed by atoms with Gasteiger partial charge in [-0.3, -0.25) is 0 Å². The van der Waals surface area contributed by atoms with Crippen molar-refractivity contribution in [3.8, 4) is 34.0 Å². The van der Waals surface area contributed by atoms with Crippen molar-refractivity contribution < 1.29 is 5.11 Å². The molecular formula is C24H22N2O. The molecule has 0 amide bonds. The first-order valence-electron chi connectivity index (χ1n) is 9.06. The van der Waals surface area contributed by atoms with Gasteiger partial charge in [-0.2, -0.15) is 5.10 Å². The van der Waals surface area contributed by atoms with Crippen LogP contribution in [0.15, 0.2) is 72.8 Å². The topological polar surface area (TPSA) is 38.0 Å². The molecule has 0 aliphatic rings. The molecule has 0 bridgehead atoms. The standard InChI is InChI=1S/C24H22N2O/c1-16-9-12-19(13-10-16)22-23(20-7-5-4-6-8-20)25-26(24(22)27)21-14-11-17(2)18(3)15-21/h4-15,27H,1-3H3. The zero-order valence-electron chi connectivity index (χ0n) is 15.8. The Bertz CT molecular complexity index is 1090. The Hall–Kier alpha value is -3.33. The second-order valence-electron chi connectivity index (χ2n) is 6.96. The van der Waals surface area contributed by atoms with E-state index in [9.17, 15) is 5.11 Å². The Morgan fingerprint density at radius 1 is 0.741 bits per heavy atom. The van der Waals surface area contributed by atoms with Gasteiger partial charge in [0.15, 0.2) is 0 Å². The molecule has 1 aromatic heterocycles. The molecule has 0 aliphatic carbocycles. The summed E-state index contributed by atoms with van der Waals surface area (Å²) in [7, 11) is 0. The monoisotopic (exact) mass is 354 g/mol. The highest BCUT2D eigenvalue weighted by atomic mass is 16.3. The molecule has 0 unspecified atom stereocenters. The van der Waals surface area contributed by atoms with Gasteiger partial charge in [0.05, 0.1) is 11.3 Å². The van der Waals surface area contributed by atoms with E-state index in [1.807, 2.05) is 48.5 Å². The fraction of sp³-hybridized carbons (Fsp3) is 0.125. The van der Waals surface area contributed by atoms with Crippen LogP contribution < -0.4 is 0 Å². The predicted molar refractivity (Wildman–Crippen MR) is 110 cm³/mol. The minimum Gasteiger partial charge on any atom is -0.493 e. The van der Waals surface area contributed by atoms with Gasteiger partial charge in [-0.25, -0.2) is 4.68 Å². The number of benzene rings is 3. The molecule has 0 fully saturated rings. The number of hydrogen-bond donors (Lipinski definition) is 1. The number of nitrogens with zero attached hydrogens (tertiary/aromatic N) is 2.